The van der Waals surface area contributed by atoms with E-state index < -0.39 is 0 Å². The van der Waals surface area contributed by atoms with Crippen molar-refractivity contribution in [1.82, 2.24) is 15.3 Å². The fraction of sp³-hybridized carbons (Fsp3) is 0.692. The van der Waals surface area contributed by atoms with Gasteiger partial charge in [0.1, 0.15) is 0 Å². The molecule has 0 spiro atoms. The van der Waals surface area contributed by atoms with E-state index in [-0.39, 0.29) is 17.4 Å². The number of hydrogen-bond donors (Lipinski definition) is 2. The molecule has 20 heavy (non-hydrogen) atoms. The Morgan fingerprint density at radius 1 is 1.65 bits per heavy atom. The summed E-state index contributed by atoms with van der Waals surface area (Å²) >= 11 is 0. The van der Waals surface area contributed by atoms with Crippen molar-refractivity contribution in [2.45, 2.75) is 19.4 Å². The van der Waals surface area contributed by atoms with E-state index in [0.29, 0.717) is 25.6 Å². The molecule has 0 aromatic carbocycles. The average molecular weight is 282 g/mol. The monoisotopic (exact) mass is 282 g/mol. The molecule has 1 unspecified atom stereocenters. The van der Waals surface area contributed by atoms with Crippen molar-refractivity contribution in [1.29, 1.82) is 0 Å². The molecule has 1 aliphatic heterocycles. The van der Waals surface area contributed by atoms with Crippen LogP contribution in [0.5, 0.6) is 5.75 Å². The van der Waals surface area contributed by atoms with Crippen LogP contribution in [0.2, 0.25) is 0 Å². The van der Waals surface area contributed by atoms with Crippen LogP contribution < -0.4 is 20.5 Å². The average Bonchev–Trinajstić information content (AvgIpc) is 2.48. The highest BCUT2D eigenvalue weighted by Crippen LogP contribution is 2.24. The molecule has 2 rings (SSSR count). The lowest BCUT2D eigenvalue weighted by atomic mass is 10.2. The fourth-order valence-electron chi connectivity index (χ4n) is 2.31. The Morgan fingerprint density at radius 2 is 2.50 bits per heavy atom. The maximum Gasteiger partial charge on any atom is 0.295 e. The van der Waals surface area contributed by atoms with Gasteiger partial charge < -0.3 is 24.7 Å². The second kappa shape index (κ2) is 7.25. The third-order valence-corrected chi connectivity index (χ3v) is 3.30. The van der Waals surface area contributed by atoms with Gasteiger partial charge in [-0.25, -0.2) is 4.98 Å². The third-order valence-electron chi connectivity index (χ3n) is 3.30. The second-order valence-corrected chi connectivity index (χ2v) is 4.71. The Balaban J connectivity index is 2.19. The zero-order chi connectivity index (χ0) is 14.4. The molecule has 1 aliphatic rings. The number of hydrogen-bond acceptors (Lipinski definition) is 6. The molecule has 0 amide bonds. The maximum absolute atomic E-state index is 11.8. The highest BCUT2D eigenvalue weighted by molar-refractivity contribution is 5.52. The van der Waals surface area contributed by atoms with Crippen molar-refractivity contribution in [2.24, 2.45) is 0 Å². The number of aromatic amines is 1. The van der Waals surface area contributed by atoms with E-state index in [1.54, 1.807) is 0 Å². The van der Waals surface area contributed by atoms with Crippen LogP contribution in [0.15, 0.2) is 11.1 Å². The highest BCUT2D eigenvalue weighted by Gasteiger charge is 2.27. The molecule has 2 heterocycles. The summed E-state index contributed by atoms with van der Waals surface area (Å²) < 4.78 is 10.7. The molecule has 0 aliphatic carbocycles. The molecule has 0 saturated carbocycles. The van der Waals surface area contributed by atoms with E-state index in [9.17, 15) is 4.79 Å². The molecule has 1 aromatic rings. The number of nitrogens with one attached hydrogen (secondary N) is 2. The molecule has 112 valence electrons. The van der Waals surface area contributed by atoms with Crippen molar-refractivity contribution in [3.05, 3.63) is 16.7 Å². The summed E-state index contributed by atoms with van der Waals surface area (Å²) in [5, 5.41) is 3.38. The molecule has 1 fully saturated rings. The number of nitrogens with zero attached hydrogens (tertiary/aromatic N) is 2. The van der Waals surface area contributed by atoms with Gasteiger partial charge in [0.15, 0.2) is 5.82 Å². The van der Waals surface area contributed by atoms with Crippen LogP contribution in [0, 0.1) is 0 Å². The number of ether oxygens (including phenoxy) is 2. The van der Waals surface area contributed by atoms with Gasteiger partial charge in [-0.05, 0) is 13.0 Å². The summed E-state index contributed by atoms with van der Waals surface area (Å²) in [6, 6.07) is 0.151. The third kappa shape index (κ3) is 3.29. The first-order valence-corrected chi connectivity index (χ1v) is 6.94. The van der Waals surface area contributed by atoms with Gasteiger partial charge in [-0.2, -0.15) is 0 Å². The van der Waals surface area contributed by atoms with Crippen LogP contribution in [0.25, 0.3) is 0 Å². The smallest absolute Gasteiger partial charge is 0.295 e. The minimum atomic E-state index is -0.260. The summed E-state index contributed by atoms with van der Waals surface area (Å²) in [7, 11) is 1.49. The van der Waals surface area contributed by atoms with Crippen LogP contribution in [-0.4, -0.2) is 56.0 Å². The van der Waals surface area contributed by atoms with E-state index in [1.807, 2.05) is 0 Å². The van der Waals surface area contributed by atoms with Crippen LogP contribution in [0.4, 0.5) is 5.82 Å². The maximum atomic E-state index is 11.8. The summed E-state index contributed by atoms with van der Waals surface area (Å²) in [5.41, 5.74) is -0.260. The first kappa shape index (κ1) is 14.8. The zero-order valence-electron chi connectivity index (χ0n) is 12.0. The predicted octanol–water partition coefficient (Wildman–Crippen LogP) is -0.0167. The fourth-order valence-corrected chi connectivity index (χ4v) is 2.31. The summed E-state index contributed by atoms with van der Waals surface area (Å²) in [4.78, 5) is 20.7. The van der Waals surface area contributed by atoms with Crippen molar-refractivity contribution in [3.63, 3.8) is 0 Å². The second-order valence-electron chi connectivity index (χ2n) is 4.71. The quantitative estimate of drug-likeness (QED) is 0.714. The predicted molar refractivity (Wildman–Crippen MR) is 76.5 cm³/mol. The highest BCUT2D eigenvalue weighted by atomic mass is 16.5. The van der Waals surface area contributed by atoms with E-state index in [2.05, 4.69) is 27.1 Å². The largest absolute Gasteiger partial charge is 0.489 e. The number of aromatic nitrogens is 2. The van der Waals surface area contributed by atoms with Gasteiger partial charge in [0.25, 0.3) is 5.56 Å². The van der Waals surface area contributed by atoms with Gasteiger partial charge in [-0.3, -0.25) is 4.79 Å². The number of rotatable bonds is 6. The molecular formula is C13H22N4O3. The standard InChI is InChI=1S/C13H22N4O3/c1-3-4-14-7-10-8-20-6-5-17(10)12-11(19-2)13(18)16-9-15-12/h9-10,14H,3-8H2,1-2H3,(H,15,16,18). The van der Waals surface area contributed by atoms with Crippen molar-refractivity contribution in [3.8, 4) is 5.75 Å². The molecule has 1 atom stereocenters. The zero-order valence-corrected chi connectivity index (χ0v) is 12.0. The molecule has 0 radical (unpaired) electrons. The van der Waals surface area contributed by atoms with Gasteiger partial charge in [-0.1, -0.05) is 6.92 Å². The van der Waals surface area contributed by atoms with E-state index >= 15 is 0 Å². The van der Waals surface area contributed by atoms with Crippen LogP contribution in [-0.2, 0) is 4.74 Å². The topological polar surface area (TPSA) is 79.5 Å². The minimum Gasteiger partial charge on any atom is -0.489 e. The molecule has 0 bridgehead atoms. The molecular weight excluding hydrogens is 260 g/mol. The van der Waals surface area contributed by atoms with E-state index in [1.165, 1.54) is 13.4 Å². The lowest BCUT2D eigenvalue weighted by Crippen LogP contribution is -2.51. The molecule has 2 N–H and O–H groups in total. The van der Waals surface area contributed by atoms with Crippen molar-refractivity contribution >= 4 is 5.82 Å². The Hall–Kier alpha value is -1.60. The van der Waals surface area contributed by atoms with Gasteiger partial charge in [-0.15, -0.1) is 0 Å². The SMILES string of the molecule is CCCNCC1COCCN1c1nc[nH]c(=O)c1OC. The van der Waals surface area contributed by atoms with Gasteiger partial charge in [0.05, 0.1) is 32.7 Å². The summed E-state index contributed by atoms with van der Waals surface area (Å²) in [6.45, 7) is 5.83. The Bertz CT molecular complexity index is 477. The first-order valence-electron chi connectivity index (χ1n) is 6.94. The lowest BCUT2D eigenvalue weighted by Gasteiger charge is -2.36. The molecule has 7 nitrogen and oxygen atoms in total. The molecule has 1 saturated heterocycles. The number of morpholine rings is 1. The lowest BCUT2D eigenvalue weighted by molar-refractivity contribution is 0.0930. The van der Waals surface area contributed by atoms with Crippen LogP contribution in [0.1, 0.15) is 13.3 Å². The van der Waals surface area contributed by atoms with E-state index in [0.717, 1.165) is 19.5 Å². The Morgan fingerprint density at radius 3 is 3.25 bits per heavy atom. The molecule has 1 aromatic heterocycles. The molecule has 7 heteroatoms. The Kier molecular flexibility index (Phi) is 5.37. The van der Waals surface area contributed by atoms with Crippen LogP contribution >= 0.6 is 0 Å². The summed E-state index contributed by atoms with van der Waals surface area (Å²) in [6.07, 6.45) is 2.49. The van der Waals surface area contributed by atoms with E-state index in [4.69, 9.17) is 9.47 Å². The van der Waals surface area contributed by atoms with Gasteiger partial charge >= 0.3 is 0 Å². The van der Waals surface area contributed by atoms with Crippen LogP contribution in [0.3, 0.4) is 0 Å². The van der Waals surface area contributed by atoms with Gasteiger partial charge in [0, 0.05) is 13.1 Å². The minimum absolute atomic E-state index is 0.151. The Labute approximate surface area is 118 Å². The summed E-state index contributed by atoms with van der Waals surface area (Å²) in [5.74, 6) is 0.845. The number of H-pyrrole nitrogens is 1. The van der Waals surface area contributed by atoms with Crippen molar-refractivity contribution < 1.29 is 9.47 Å². The normalized spacial score (nSPS) is 19.1. The number of anilines is 1. The number of methoxy groups -OCH3 is 1. The first-order chi connectivity index (χ1) is 9.77. The van der Waals surface area contributed by atoms with Crippen molar-refractivity contribution in [2.75, 3.05) is 44.9 Å². The van der Waals surface area contributed by atoms with Gasteiger partial charge in [0.2, 0.25) is 5.75 Å².